The van der Waals surface area contributed by atoms with Crippen molar-refractivity contribution in [2.75, 3.05) is 22.7 Å². The molecule has 3 N–H and O–H groups in total. The van der Waals surface area contributed by atoms with E-state index >= 15 is 0 Å². The number of hydrazine groups is 1. The average molecular weight is 327 g/mol. The van der Waals surface area contributed by atoms with Crippen molar-refractivity contribution in [3.63, 3.8) is 0 Å². The first-order chi connectivity index (χ1) is 11.6. The molecule has 0 amide bonds. The maximum atomic E-state index is 10.5. The van der Waals surface area contributed by atoms with Crippen molar-refractivity contribution in [1.82, 2.24) is 0 Å². The molecule has 0 aromatic heterocycles. The van der Waals surface area contributed by atoms with E-state index in [0.29, 0.717) is 6.42 Å². The molecule has 2 aromatic carbocycles. The molecule has 2 rings (SSSR count). The monoisotopic (exact) mass is 327 g/mol. The predicted octanol–water partition coefficient (Wildman–Crippen LogP) is 4.39. The minimum Gasteiger partial charge on any atom is -0.385 e. The Kier molecular flexibility index (Phi) is 8.18. The van der Waals surface area contributed by atoms with E-state index in [1.165, 1.54) is 12.1 Å². The Labute approximate surface area is 141 Å². The van der Waals surface area contributed by atoms with E-state index in [9.17, 15) is 10.1 Å². The SMILES string of the molecule is CCC#N.CCNc1ccc(NNc2ccc([N+](=O)[O-])cc2)cc1. The van der Waals surface area contributed by atoms with Gasteiger partial charge in [-0.2, -0.15) is 5.26 Å². The van der Waals surface area contributed by atoms with E-state index in [-0.39, 0.29) is 5.69 Å². The van der Waals surface area contributed by atoms with Gasteiger partial charge in [0.25, 0.3) is 5.69 Å². The fraction of sp³-hybridized carbons (Fsp3) is 0.235. The lowest BCUT2D eigenvalue weighted by Gasteiger charge is -2.10. The molecule has 0 atom stereocenters. The number of anilines is 3. The van der Waals surface area contributed by atoms with Crippen molar-refractivity contribution in [3.8, 4) is 6.07 Å². The zero-order chi connectivity index (χ0) is 17.8. The largest absolute Gasteiger partial charge is 0.385 e. The molecule has 0 bridgehead atoms. The lowest BCUT2D eigenvalue weighted by atomic mass is 10.3. The lowest BCUT2D eigenvalue weighted by Crippen LogP contribution is -2.08. The fourth-order valence-corrected chi connectivity index (χ4v) is 1.69. The van der Waals surface area contributed by atoms with Gasteiger partial charge in [0.05, 0.1) is 22.4 Å². The van der Waals surface area contributed by atoms with Crippen LogP contribution in [-0.2, 0) is 0 Å². The molecular weight excluding hydrogens is 306 g/mol. The maximum absolute atomic E-state index is 10.5. The first-order valence-corrected chi connectivity index (χ1v) is 7.58. The van der Waals surface area contributed by atoms with Gasteiger partial charge < -0.3 is 16.2 Å². The van der Waals surface area contributed by atoms with Crippen LogP contribution >= 0.6 is 0 Å². The molecule has 24 heavy (non-hydrogen) atoms. The number of benzene rings is 2. The Morgan fingerprint density at radius 2 is 1.38 bits per heavy atom. The van der Waals surface area contributed by atoms with Crippen LogP contribution in [0.25, 0.3) is 0 Å². The molecule has 0 saturated heterocycles. The van der Waals surface area contributed by atoms with Gasteiger partial charge in [-0.3, -0.25) is 10.1 Å². The highest BCUT2D eigenvalue weighted by molar-refractivity contribution is 5.57. The van der Waals surface area contributed by atoms with Gasteiger partial charge in [0.1, 0.15) is 0 Å². The highest BCUT2D eigenvalue weighted by atomic mass is 16.6. The highest BCUT2D eigenvalue weighted by Crippen LogP contribution is 2.17. The normalized spacial score (nSPS) is 9.04. The van der Waals surface area contributed by atoms with Crippen molar-refractivity contribution >= 4 is 22.7 Å². The first kappa shape index (κ1) is 18.8. The second-order valence-corrected chi connectivity index (χ2v) is 4.67. The topological polar surface area (TPSA) is 103 Å². The van der Waals surface area contributed by atoms with Gasteiger partial charge in [-0.1, -0.05) is 6.92 Å². The number of nitro groups is 1. The third-order valence-electron chi connectivity index (χ3n) is 2.85. The number of nitriles is 1. The van der Waals surface area contributed by atoms with Gasteiger partial charge in [0, 0.05) is 30.8 Å². The van der Waals surface area contributed by atoms with Crippen molar-refractivity contribution in [2.24, 2.45) is 0 Å². The summed E-state index contributed by atoms with van der Waals surface area (Å²) in [5, 5.41) is 21.4. The molecule has 0 unspecified atom stereocenters. The van der Waals surface area contributed by atoms with Gasteiger partial charge in [-0.25, -0.2) is 0 Å². The van der Waals surface area contributed by atoms with Gasteiger partial charge in [0.15, 0.2) is 0 Å². The van der Waals surface area contributed by atoms with E-state index in [4.69, 9.17) is 5.26 Å². The summed E-state index contributed by atoms with van der Waals surface area (Å²) < 4.78 is 0. The fourth-order valence-electron chi connectivity index (χ4n) is 1.69. The van der Waals surface area contributed by atoms with E-state index in [1.54, 1.807) is 12.1 Å². The summed E-state index contributed by atoms with van der Waals surface area (Å²) in [7, 11) is 0. The number of nitrogens with zero attached hydrogens (tertiary/aromatic N) is 2. The molecule has 0 saturated carbocycles. The number of hydrogen-bond acceptors (Lipinski definition) is 6. The minimum absolute atomic E-state index is 0.0746. The van der Waals surface area contributed by atoms with Crippen LogP contribution in [0.1, 0.15) is 20.3 Å². The summed E-state index contributed by atoms with van der Waals surface area (Å²) in [5.74, 6) is 0. The van der Waals surface area contributed by atoms with Crippen molar-refractivity contribution in [3.05, 3.63) is 58.6 Å². The van der Waals surface area contributed by atoms with E-state index in [0.717, 1.165) is 23.6 Å². The number of non-ortho nitro benzene ring substituents is 1. The van der Waals surface area contributed by atoms with Crippen LogP contribution in [0.3, 0.4) is 0 Å². The van der Waals surface area contributed by atoms with Gasteiger partial charge in [0.2, 0.25) is 0 Å². The van der Waals surface area contributed by atoms with E-state index < -0.39 is 4.92 Å². The molecular formula is C17H21N5O2. The molecule has 7 nitrogen and oxygen atoms in total. The first-order valence-electron chi connectivity index (χ1n) is 7.58. The van der Waals surface area contributed by atoms with E-state index in [1.807, 2.05) is 44.2 Å². The molecule has 0 heterocycles. The smallest absolute Gasteiger partial charge is 0.269 e. The molecule has 0 radical (unpaired) electrons. The summed E-state index contributed by atoms with van der Waals surface area (Å²) in [4.78, 5) is 10.1. The molecule has 126 valence electrons. The van der Waals surface area contributed by atoms with Crippen molar-refractivity contribution < 1.29 is 4.92 Å². The standard InChI is InChI=1S/C14H16N4O2.C3H5N/c1-2-15-11-3-5-12(6-4-11)16-17-13-7-9-14(10-8-13)18(19)20;1-2-3-4/h3-10,15-17H,2H2,1H3;2H2,1H3. The summed E-state index contributed by atoms with van der Waals surface area (Å²) in [5.41, 5.74) is 8.82. The second-order valence-electron chi connectivity index (χ2n) is 4.67. The maximum Gasteiger partial charge on any atom is 0.269 e. The van der Waals surface area contributed by atoms with Crippen molar-refractivity contribution in [1.29, 1.82) is 5.26 Å². The second kappa shape index (κ2) is 10.5. The van der Waals surface area contributed by atoms with Crippen LogP contribution in [-0.4, -0.2) is 11.5 Å². The van der Waals surface area contributed by atoms with Gasteiger partial charge >= 0.3 is 0 Å². The lowest BCUT2D eigenvalue weighted by molar-refractivity contribution is -0.384. The molecule has 0 spiro atoms. The molecule has 0 aliphatic rings. The van der Waals surface area contributed by atoms with E-state index in [2.05, 4.69) is 16.2 Å². The van der Waals surface area contributed by atoms with Gasteiger partial charge in [-0.05, 0) is 43.3 Å². The molecule has 0 aliphatic heterocycles. The molecule has 2 aromatic rings. The molecule has 0 aliphatic carbocycles. The van der Waals surface area contributed by atoms with Crippen LogP contribution in [0.2, 0.25) is 0 Å². The summed E-state index contributed by atoms with van der Waals surface area (Å²) in [6.07, 6.45) is 0.625. The van der Waals surface area contributed by atoms with Crippen LogP contribution in [0.5, 0.6) is 0 Å². The van der Waals surface area contributed by atoms with Crippen LogP contribution in [0, 0.1) is 21.4 Å². The Balaban J connectivity index is 0.000000648. The number of nitro benzene ring substituents is 1. The van der Waals surface area contributed by atoms with Gasteiger partial charge in [-0.15, -0.1) is 0 Å². The Morgan fingerprint density at radius 1 is 0.958 bits per heavy atom. The van der Waals surface area contributed by atoms with Crippen LogP contribution in [0.4, 0.5) is 22.7 Å². The molecule has 0 fully saturated rings. The Bertz CT molecular complexity index is 663. The number of nitrogens with one attached hydrogen (secondary N) is 3. The minimum atomic E-state index is -0.420. The molecule has 7 heteroatoms. The third kappa shape index (κ3) is 6.66. The third-order valence-corrected chi connectivity index (χ3v) is 2.85. The van der Waals surface area contributed by atoms with Crippen molar-refractivity contribution in [2.45, 2.75) is 20.3 Å². The predicted molar refractivity (Wildman–Crippen MR) is 96.9 cm³/mol. The zero-order valence-corrected chi connectivity index (χ0v) is 13.7. The highest BCUT2D eigenvalue weighted by Gasteiger charge is 2.03. The summed E-state index contributed by atoms with van der Waals surface area (Å²) in [6.45, 7) is 4.75. The summed E-state index contributed by atoms with van der Waals surface area (Å²) >= 11 is 0. The number of rotatable bonds is 6. The Morgan fingerprint density at radius 3 is 1.75 bits per heavy atom. The number of hydrogen-bond donors (Lipinski definition) is 3. The van der Waals surface area contributed by atoms with Crippen LogP contribution < -0.4 is 16.2 Å². The average Bonchev–Trinajstić information content (AvgIpc) is 2.62. The Hall–Kier alpha value is -3.27. The zero-order valence-electron chi connectivity index (χ0n) is 13.7. The quantitative estimate of drug-likeness (QED) is 0.537. The van der Waals surface area contributed by atoms with Crippen LogP contribution in [0.15, 0.2) is 48.5 Å². The summed E-state index contributed by atoms with van der Waals surface area (Å²) in [6, 6.07) is 16.0.